The molecule has 0 aromatic heterocycles. The minimum absolute atomic E-state index is 0.0844. The lowest BCUT2D eigenvalue weighted by Gasteiger charge is -2.61. The summed E-state index contributed by atoms with van der Waals surface area (Å²) in [6.45, 7) is 13.0. The molecule has 8 atom stereocenters. The molecular weight excluding hydrogens is 420 g/mol. The number of carbonyl (C=O) groups excluding carboxylic acids is 4. The molecule has 0 unspecified atom stereocenters. The zero-order valence-electron chi connectivity index (χ0n) is 19.4. The van der Waals surface area contributed by atoms with Crippen molar-refractivity contribution in [2.45, 2.75) is 84.4 Å². The van der Waals surface area contributed by atoms with Gasteiger partial charge in [0.05, 0.1) is 22.9 Å². The first-order valence-electron chi connectivity index (χ1n) is 10.9. The van der Waals surface area contributed by atoms with E-state index >= 15 is 0 Å². The van der Waals surface area contributed by atoms with Gasteiger partial charge in [0, 0.05) is 25.3 Å². The SMILES string of the molecule is C=C1C(=O)O[C@H]2[C@@H]1[C@H](OC(=O)C(C)C)[C@H]1[C@@](C)([C@@H](OC(C)=O)CC[C@]1(C)O)[C@H]2OC(C)=O. The molecule has 9 nitrogen and oxygen atoms in total. The highest BCUT2D eigenvalue weighted by Crippen LogP contribution is 2.60. The number of carbonyl (C=O) groups is 4. The van der Waals surface area contributed by atoms with E-state index in [1.165, 1.54) is 13.8 Å². The van der Waals surface area contributed by atoms with Crippen LogP contribution in [0.1, 0.15) is 54.4 Å². The molecule has 0 spiro atoms. The van der Waals surface area contributed by atoms with Crippen LogP contribution in [0, 0.1) is 23.2 Å². The van der Waals surface area contributed by atoms with E-state index in [2.05, 4.69) is 6.58 Å². The monoisotopic (exact) mass is 452 g/mol. The summed E-state index contributed by atoms with van der Waals surface area (Å²) in [6.07, 6.45) is -3.30. The number of fused-ring (bicyclic) bond motifs is 2. The van der Waals surface area contributed by atoms with Gasteiger partial charge in [0.15, 0.2) is 6.10 Å². The molecule has 2 saturated carbocycles. The van der Waals surface area contributed by atoms with Gasteiger partial charge in [-0.15, -0.1) is 0 Å². The lowest BCUT2D eigenvalue weighted by Crippen LogP contribution is -2.72. The summed E-state index contributed by atoms with van der Waals surface area (Å²) in [6, 6.07) is 0. The Hall–Kier alpha value is -2.42. The van der Waals surface area contributed by atoms with Crippen molar-refractivity contribution >= 4 is 23.9 Å². The summed E-state index contributed by atoms with van der Waals surface area (Å²) in [4.78, 5) is 49.2. The molecule has 0 aromatic carbocycles. The van der Waals surface area contributed by atoms with Crippen molar-refractivity contribution in [2.24, 2.45) is 23.2 Å². The third-order valence-corrected chi connectivity index (χ3v) is 7.13. The van der Waals surface area contributed by atoms with Crippen LogP contribution in [0.3, 0.4) is 0 Å². The van der Waals surface area contributed by atoms with Crippen LogP contribution in [0.15, 0.2) is 12.2 Å². The summed E-state index contributed by atoms with van der Waals surface area (Å²) < 4.78 is 22.8. The molecule has 0 radical (unpaired) electrons. The van der Waals surface area contributed by atoms with Crippen molar-refractivity contribution in [3.05, 3.63) is 12.2 Å². The lowest BCUT2D eigenvalue weighted by molar-refractivity contribution is -0.280. The summed E-state index contributed by atoms with van der Waals surface area (Å²) in [5.74, 6) is -4.48. The van der Waals surface area contributed by atoms with Gasteiger partial charge in [-0.1, -0.05) is 27.4 Å². The van der Waals surface area contributed by atoms with Crippen LogP contribution in [0.4, 0.5) is 0 Å². The molecule has 1 heterocycles. The molecule has 1 saturated heterocycles. The molecule has 3 aliphatic rings. The Balaban J connectivity index is 2.23. The van der Waals surface area contributed by atoms with Crippen LogP contribution in [0.5, 0.6) is 0 Å². The Labute approximate surface area is 187 Å². The van der Waals surface area contributed by atoms with E-state index in [1.807, 2.05) is 0 Å². The third kappa shape index (κ3) is 3.80. The van der Waals surface area contributed by atoms with Gasteiger partial charge in [-0.25, -0.2) is 4.79 Å². The summed E-state index contributed by atoms with van der Waals surface area (Å²) in [7, 11) is 0. The van der Waals surface area contributed by atoms with Crippen molar-refractivity contribution in [3.63, 3.8) is 0 Å². The van der Waals surface area contributed by atoms with Crippen LogP contribution in [0.25, 0.3) is 0 Å². The maximum atomic E-state index is 12.7. The first-order chi connectivity index (χ1) is 14.7. The molecule has 3 rings (SSSR count). The van der Waals surface area contributed by atoms with E-state index < -0.39 is 77.1 Å². The third-order valence-electron chi connectivity index (χ3n) is 7.13. The standard InChI is InChI=1S/C23H32O9/c1-10(2)20(26)31-16-15-11(3)21(27)32-17(15)19(30-13(5)25)23(7)14(29-12(4)24)8-9-22(6,28)18(16)23/h10,14-19,28H,3,8-9H2,1-2,4-7H3/t14-,15-,16-,17-,18+,19-,22-,23+/m0/s1. The molecule has 2 aliphatic carbocycles. The van der Waals surface area contributed by atoms with Gasteiger partial charge in [0.2, 0.25) is 0 Å². The Morgan fingerprint density at radius 2 is 1.72 bits per heavy atom. The minimum atomic E-state index is -1.39. The average Bonchev–Trinajstić information content (AvgIpc) is 2.94. The second kappa shape index (κ2) is 8.17. The maximum absolute atomic E-state index is 12.7. The largest absolute Gasteiger partial charge is 0.462 e. The zero-order valence-corrected chi connectivity index (χ0v) is 19.4. The molecule has 0 aromatic rings. The number of ether oxygens (including phenoxy) is 4. The Morgan fingerprint density at radius 3 is 2.25 bits per heavy atom. The molecular formula is C23H32O9. The first kappa shape index (κ1) is 24.2. The number of rotatable bonds is 4. The van der Waals surface area contributed by atoms with Crippen molar-refractivity contribution in [1.29, 1.82) is 0 Å². The van der Waals surface area contributed by atoms with Gasteiger partial charge in [0.1, 0.15) is 18.3 Å². The highest BCUT2D eigenvalue weighted by Gasteiger charge is 2.72. The molecule has 178 valence electrons. The molecule has 0 amide bonds. The van der Waals surface area contributed by atoms with E-state index in [9.17, 15) is 24.3 Å². The number of hydrogen-bond acceptors (Lipinski definition) is 9. The normalized spacial score (nSPS) is 40.8. The molecule has 32 heavy (non-hydrogen) atoms. The van der Waals surface area contributed by atoms with Gasteiger partial charge in [-0.05, 0) is 19.8 Å². The number of aliphatic hydroxyl groups is 1. The van der Waals surface area contributed by atoms with Gasteiger partial charge in [0.25, 0.3) is 0 Å². The minimum Gasteiger partial charge on any atom is -0.462 e. The van der Waals surface area contributed by atoms with Gasteiger partial charge >= 0.3 is 23.9 Å². The zero-order chi connectivity index (χ0) is 24.2. The van der Waals surface area contributed by atoms with Crippen molar-refractivity contribution in [2.75, 3.05) is 0 Å². The molecule has 1 aliphatic heterocycles. The fraction of sp³-hybridized carbons (Fsp3) is 0.739. The predicted molar refractivity (Wildman–Crippen MR) is 110 cm³/mol. The van der Waals surface area contributed by atoms with Crippen LogP contribution >= 0.6 is 0 Å². The van der Waals surface area contributed by atoms with Gasteiger partial charge < -0.3 is 24.1 Å². The quantitative estimate of drug-likeness (QED) is 0.385. The van der Waals surface area contributed by atoms with E-state index in [0.29, 0.717) is 0 Å². The topological polar surface area (TPSA) is 125 Å². The average molecular weight is 453 g/mol. The van der Waals surface area contributed by atoms with Crippen LogP contribution in [-0.2, 0) is 38.1 Å². The fourth-order valence-electron chi connectivity index (χ4n) is 5.80. The van der Waals surface area contributed by atoms with E-state index in [1.54, 1.807) is 27.7 Å². The second-order valence-corrected chi connectivity index (χ2v) is 9.84. The molecule has 1 N–H and O–H groups in total. The van der Waals surface area contributed by atoms with Crippen LogP contribution in [0.2, 0.25) is 0 Å². The second-order valence-electron chi connectivity index (χ2n) is 9.84. The smallest absolute Gasteiger partial charge is 0.334 e. The van der Waals surface area contributed by atoms with Crippen LogP contribution in [-0.4, -0.2) is 59.0 Å². The number of esters is 4. The summed E-state index contributed by atoms with van der Waals surface area (Å²) in [5, 5.41) is 11.5. The predicted octanol–water partition coefficient (Wildman–Crippen LogP) is 1.70. The first-order valence-corrected chi connectivity index (χ1v) is 10.9. The van der Waals surface area contributed by atoms with Crippen LogP contribution < -0.4 is 0 Å². The van der Waals surface area contributed by atoms with E-state index in [4.69, 9.17) is 18.9 Å². The van der Waals surface area contributed by atoms with Crippen molar-refractivity contribution in [1.82, 2.24) is 0 Å². The van der Waals surface area contributed by atoms with Gasteiger partial charge in [-0.3, -0.25) is 14.4 Å². The Bertz CT molecular complexity index is 844. The van der Waals surface area contributed by atoms with E-state index in [0.717, 1.165) is 0 Å². The van der Waals surface area contributed by atoms with Crippen molar-refractivity contribution in [3.8, 4) is 0 Å². The fourth-order valence-corrected chi connectivity index (χ4v) is 5.80. The summed E-state index contributed by atoms with van der Waals surface area (Å²) in [5.41, 5.74) is -2.52. The molecule has 9 heteroatoms. The molecule has 0 bridgehead atoms. The maximum Gasteiger partial charge on any atom is 0.334 e. The lowest BCUT2D eigenvalue weighted by atomic mass is 9.49. The molecule has 3 fully saturated rings. The number of hydrogen-bond donors (Lipinski definition) is 1. The highest BCUT2D eigenvalue weighted by molar-refractivity contribution is 5.91. The van der Waals surface area contributed by atoms with E-state index in [-0.39, 0.29) is 18.4 Å². The Morgan fingerprint density at radius 1 is 1.12 bits per heavy atom. The highest BCUT2D eigenvalue weighted by atomic mass is 16.6. The van der Waals surface area contributed by atoms with Crippen molar-refractivity contribution < 1.29 is 43.2 Å². The van der Waals surface area contributed by atoms with Gasteiger partial charge in [-0.2, -0.15) is 0 Å². The summed E-state index contributed by atoms with van der Waals surface area (Å²) >= 11 is 0. The Kier molecular flexibility index (Phi) is 6.19.